The average Bonchev–Trinajstić information content (AvgIpc) is 1.39. The van der Waals surface area contributed by atoms with Gasteiger partial charge in [-0.1, -0.05) is 0 Å². The fraction of sp³-hybridized carbons (Fsp3) is 0. The summed E-state index contributed by atoms with van der Waals surface area (Å²) in [6, 6.07) is 0. The normalized spacial score (nSPS) is 3.00. The van der Waals surface area contributed by atoms with Crippen molar-refractivity contribution in [3.8, 4) is 0 Å². The summed E-state index contributed by atoms with van der Waals surface area (Å²) in [4.78, 5) is 16.2. The van der Waals surface area contributed by atoms with E-state index in [2.05, 4.69) is 0 Å². The van der Waals surface area contributed by atoms with Gasteiger partial charge in [-0.05, 0) is 0 Å². The quantitative estimate of drug-likeness (QED) is 0.219. The predicted molar refractivity (Wildman–Crippen MR) is 32.5 cm³/mol. The molecular formula is H6Ca2N2O4. The summed E-state index contributed by atoms with van der Waals surface area (Å²) in [6.07, 6.45) is 0. The molecule has 44 valence electrons. The van der Waals surface area contributed by atoms with Crippen molar-refractivity contribution >= 4 is 75.5 Å². The molecule has 0 rings (SSSR count). The van der Waals surface area contributed by atoms with Crippen LogP contribution >= 0.6 is 0 Å². The third-order valence-corrected chi connectivity index (χ3v) is 0. The van der Waals surface area contributed by atoms with E-state index < -0.39 is 0 Å². The second-order valence-corrected chi connectivity index (χ2v) is 0.167. The monoisotopic (exact) mass is 178 g/mol. The Bertz CT molecular complexity index is 33.0. The Morgan fingerprint density at radius 3 is 0.875 bits per heavy atom. The van der Waals surface area contributed by atoms with Crippen LogP contribution in [0.2, 0.25) is 0 Å². The number of hydrogen-bond donors (Lipinski definition) is 2. The molecule has 0 aliphatic carbocycles. The van der Waals surface area contributed by atoms with Gasteiger partial charge in [-0.25, -0.2) is 0 Å². The minimum atomic E-state index is 0. The Morgan fingerprint density at radius 1 is 0.875 bits per heavy atom. The van der Waals surface area contributed by atoms with Crippen LogP contribution in [0.15, 0.2) is 0 Å². The maximum atomic E-state index is 8.12. The molecule has 0 unspecified atom stereocenters. The standard InChI is InChI=1S/2Ca.2HNO2.4H/c;;2*2-1-3;;;;/h;;2*1H;;;;. The molecule has 0 bridgehead atoms. The summed E-state index contributed by atoms with van der Waals surface area (Å²) in [7, 11) is 0. The summed E-state index contributed by atoms with van der Waals surface area (Å²) < 4.78 is 0. The summed E-state index contributed by atoms with van der Waals surface area (Å²) >= 11 is 0. The van der Waals surface area contributed by atoms with Crippen LogP contribution < -0.4 is 10.7 Å². The predicted octanol–water partition coefficient (Wildman–Crippen LogP) is -5.17. The second-order valence-electron chi connectivity index (χ2n) is 0.167. The van der Waals surface area contributed by atoms with E-state index in [1.54, 1.807) is 0 Å². The van der Waals surface area contributed by atoms with Crippen LogP contribution in [0.4, 0.5) is 0 Å². The summed E-state index contributed by atoms with van der Waals surface area (Å²) in [5, 5.41) is 16.8. The molecular weight excluding hydrogens is 172 g/mol. The molecule has 0 radical (unpaired) electrons. The maximum absolute atomic E-state index is 8.12. The van der Waals surface area contributed by atoms with E-state index in [9.17, 15) is 0 Å². The molecule has 6 nitrogen and oxygen atoms in total. The van der Waals surface area contributed by atoms with E-state index in [1.807, 2.05) is 0 Å². The molecule has 0 heterocycles. The number of nitrogens with one attached hydrogen (secondary N) is 2. The third kappa shape index (κ3) is 168. The summed E-state index contributed by atoms with van der Waals surface area (Å²) in [5.41, 5.74) is 0. The molecule has 0 aliphatic rings. The first-order valence-corrected chi connectivity index (χ1v) is 0.816. The zero-order chi connectivity index (χ0) is 5.41. The Hall–Kier alpha value is 1.32. The molecule has 0 saturated carbocycles. The van der Waals surface area contributed by atoms with Gasteiger partial charge in [-0.2, -0.15) is 0 Å². The molecule has 2 N–H and O–H groups in total. The van der Waals surface area contributed by atoms with E-state index in [1.165, 1.54) is 0 Å². The molecule has 0 aromatic carbocycles. The van der Waals surface area contributed by atoms with Crippen molar-refractivity contribution in [1.29, 1.82) is 0 Å². The van der Waals surface area contributed by atoms with Crippen molar-refractivity contribution in [3.63, 3.8) is 0 Å². The van der Waals surface area contributed by atoms with Crippen LogP contribution in [-0.2, 0) is 0 Å². The van der Waals surface area contributed by atoms with Gasteiger partial charge >= 0.3 is 75.5 Å². The van der Waals surface area contributed by atoms with Gasteiger partial charge in [0.1, 0.15) is 0 Å². The van der Waals surface area contributed by atoms with Crippen molar-refractivity contribution in [2.24, 2.45) is 0 Å². The Labute approximate surface area is 104 Å². The average molecular weight is 178 g/mol. The SMILES string of the molecule is O=[NH+][O-].O=[NH+][O-].[CaH2].[CaH2]. The molecule has 0 fully saturated rings. The zero-order valence-corrected chi connectivity index (χ0v) is 2.63. The topological polar surface area (TPSA) is 108 Å². The fourth-order valence-corrected chi connectivity index (χ4v) is 0. The van der Waals surface area contributed by atoms with Gasteiger partial charge < -0.3 is 0 Å². The van der Waals surface area contributed by atoms with Crippen LogP contribution in [0.1, 0.15) is 0 Å². The van der Waals surface area contributed by atoms with E-state index >= 15 is 0 Å². The van der Waals surface area contributed by atoms with Crippen molar-refractivity contribution < 1.29 is 10.7 Å². The Kier molecular flexibility index (Phi) is 115. The van der Waals surface area contributed by atoms with E-state index in [0.29, 0.717) is 0 Å². The first kappa shape index (κ1) is 22.8. The van der Waals surface area contributed by atoms with Crippen LogP contribution in [-0.4, -0.2) is 75.5 Å². The molecule has 0 amide bonds. The zero-order valence-electron chi connectivity index (χ0n) is 2.63. The van der Waals surface area contributed by atoms with Gasteiger partial charge in [-0.15, -0.1) is 0 Å². The molecule has 8 heavy (non-hydrogen) atoms. The fourth-order valence-electron chi connectivity index (χ4n) is 0. The molecule has 8 heteroatoms. The molecule has 0 aliphatic heterocycles. The van der Waals surface area contributed by atoms with Gasteiger partial charge in [0.05, 0.1) is 0 Å². The van der Waals surface area contributed by atoms with Crippen LogP contribution in [0.5, 0.6) is 0 Å². The Morgan fingerprint density at radius 2 is 0.875 bits per heavy atom. The van der Waals surface area contributed by atoms with Crippen molar-refractivity contribution in [2.45, 2.75) is 0 Å². The van der Waals surface area contributed by atoms with Crippen LogP contribution in [0.3, 0.4) is 0 Å². The third-order valence-electron chi connectivity index (χ3n) is 0. The molecule has 0 aromatic heterocycles. The van der Waals surface area contributed by atoms with E-state index in [-0.39, 0.29) is 86.2 Å². The van der Waals surface area contributed by atoms with Gasteiger partial charge in [0.25, 0.3) is 0 Å². The van der Waals surface area contributed by atoms with Crippen molar-refractivity contribution in [3.05, 3.63) is 20.2 Å². The van der Waals surface area contributed by atoms with Gasteiger partial charge in [0, 0.05) is 10.7 Å². The van der Waals surface area contributed by atoms with E-state index in [4.69, 9.17) is 20.2 Å². The Balaban J connectivity index is -0.0000000160. The first-order chi connectivity index (χ1) is 2.83. The van der Waals surface area contributed by atoms with Crippen molar-refractivity contribution in [2.75, 3.05) is 0 Å². The molecule has 0 aromatic rings. The number of hydrogen-bond acceptors (Lipinski definition) is 4. The number of rotatable bonds is 0. The first-order valence-electron chi connectivity index (χ1n) is 0.816. The second kappa shape index (κ2) is 40.4. The van der Waals surface area contributed by atoms with Gasteiger partial charge in [0.15, 0.2) is 0 Å². The molecule has 0 saturated heterocycles. The molecule has 0 atom stereocenters. The van der Waals surface area contributed by atoms with Crippen molar-refractivity contribution in [1.82, 2.24) is 0 Å². The molecule has 0 spiro atoms. The summed E-state index contributed by atoms with van der Waals surface area (Å²) in [5.74, 6) is 0. The van der Waals surface area contributed by atoms with E-state index in [0.717, 1.165) is 0 Å². The van der Waals surface area contributed by atoms with Gasteiger partial charge in [-0.3, -0.25) is 20.2 Å². The minimum absolute atomic E-state index is 0. The van der Waals surface area contributed by atoms with Gasteiger partial charge in [0.2, 0.25) is 0 Å². The van der Waals surface area contributed by atoms with Crippen LogP contribution in [0.25, 0.3) is 0 Å². The summed E-state index contributed by atoms with van der Waals surface area (Å²) in [6.45, 7) is 0. The van der Waals surface area contributed by atoms with Crippen LogP contribution in [0, 0.1) is 20.2 Å².